The fraction of sp³-hybridized carbons (Fsp3) is 0.400. The van der Waals surface area contributed by atoms with Crippen LogP contribution in [0.5, 0.6) is 11.5 Å². The quantitative estimate of drug-likeness (QED) is 0.533. The molecule has 0 unspecified atom stereocenters. The molecule has 10 nitrogen and oxygen atoms in total. The van der Waals surface area contributed by atoms with Gasteiger partial charge in [-0.3, -0.25) is 4.79 Å². The number of rotatable bonds is 6. The molecule has 11 heteroatoms. The molecule has 0 spiro atoms. The molecule has 1 aromatic heterocycles. The average molecular weight is 513 g/mol. The van der Waals surface area contributed by atoms with E-state index in [1.165, 1.54) is 4.31 Å². The lowest BCUT2D eigenvalue weighted by Crippen LogP contribution is -2.41. The Bertz CT molecular complexity index is 1380. The minimum absolute atomic E-state index is 0.134. The zero-order valence-corrected chi connectivity index (χ0v) is 21.0. The van der Waals surface area contributed by atoms with Crippen LogP contribution in [0.4, 0.5) is 5.69 Å². The number of nitrogens with one attached hydrogen (secondary N) is 1. The number of ether oxygens (including phenoxy) is 2. The van der Waals surface area contributed by atoms with Crippen molar-refractivity contribution in [3.8, 4) is 22.9 Å². The molecule has 1 amide bonds. The Kier molecular flexibility index (Phi) is 6.67. The molecule has 5 rings (SSSR count). The van der Waals surface area contributed by atoms with Crippen LogP contribution in [0, 0.1) is 12.8 Å². The zero-order chi connectivity index (χ0) is 25.3. The highest BCUT2D eigenvalue weighted by Gasteiger charge is 2.33. The number of benzene rings is 2. The predicted octanol–water partition coefficient (Wildman–Crippen LogP) is 3.42. The van der Waals surface area contributed by atoms with Gasteiger partial charge in [0.15, 0.2) is 11.5 Å². The first kappa shape index (κ1) is 24.3. The van der Waals surface area contributed by atoms with Crippen molar-refractivity contribution < 1.29 is 27.2 Å². The highest BCUT2D eigenvalue weighted by Crippen LogP contribution is 2.33. The van der Waals surface area contributed by atoms with Crippen molar-refractivity contribution in [2.45, 2.75) is 38.0 Å². The number of hydrogen-bond donors (Lipinski definition) is 1. The lowest BCUT2D eigenvalue weighted by Gasteiger charge is -2.31. The van der Waals surface area contributed by atoms with E-state index in [0.717, 1.165) is 0 Å². The van der Waals surface area contributed by atoms with Gasteiger partial charge in [0.05, 0.1) is 4.90 Å². The molecule has 2 aliphatic rings. The van der Waals surface area contributed by atoms with E-state index in [4.69, 9.17) is 14.0 Å². The minimum atomic E-state index is -3.76. The zero-order valence-electron chi connectivity index (χ0n) is 20.2. The maximum Gasteiger partial charge on any atom is 0.243 e. The molecule has 0 saturated carbocycles. The Morgan fingerprint density at radius 2 is 1.83 bits per heavy atom. The topological polar surface area (TPSA) is 124 Å². The number of aryl methyl sites for hydroxylation is 2. The van der Waals surface area contributed by atoms with E-state index in [2.05, 4.69) is 15.5 Å². The third kappa shape index (κ3) is 4.80. The second kappa shape index (κ2) is 9.90. The molecule has 0 bridgehead atoms. The number of nitrogens with zero attached hydrogens (tertiary/aromatic N) is 3. The van der Waals surface area contributed by atoms with E-state index in [1.54, 1.807) is 43.3 Å². The summed E-state index contributed by atoms with van der Waals surface area (Å²) in [5.41, 5.74) is 1.84. The van der Waals surface area contributed by atoms with Gasteiger partial charge in [-0.25, -0.2) is 8.42 Å². The second-order valence-electron chi connectivity index (χ2n) is 8.87. The van der Waals surface area contributed by atoms with Crippen molar-refractivity contribution >= 4 is 21.6 Å². The Hall–Kier alpha value is -3.44. The molecule has 36 heavy (non-hydrogen) atoms. The van der Waals surface area contributed by atoms with Gasteiger partial charge in [0.2, 0.25) is 27.6 Å². The van der Waals surface area contributed by atoms with Crippen LogP contribution >= 0.6 is 0 Å². The normalized spacial score (nSPS) is 16.6. The Morgan fingerprint density at radius 3 is 2.56 bits per heavy atom. The van der Waals surface area contributed by atoms with Crippen LogP contribution in [-0.4, -0.2) is 55.1 Å². The van der Waals surface area contributed by atoms with Crippen LogP contribution in [0.2, 0.25) is 0 Å². The lowest BCUT2D eigenvalue weighted by atomic mass is 9.97. The van der Waals surface area contributed by atoms with Gasteiger partial charge in [0.25, 0.3) is 0 Å². The van der Waals surface area contributed by atoms with Gasteiger partial charge in [0, 0.05) is 42.7 Å². The maximum absolute atomic E-state index is 13.5. The molecular weight excluding hydrogens is 484 g/mol. The summed E-state index contributed by atoms with van der Waals surface area (Å²) in [5, 5.41) is 6.88. The highest BCUT2D eigenvalue weighted by molar-refractivity contribution is 7.89. The smallest absolute Gasteiger partial charge is 0.243 e. The highest BCUT2D eigenvalue weighted by atomic mass is 32.2. The van der Waals surface area contributed by atoms with E-state index in [1.807, 2.05) is 6.92 Å². The summed E-state index contributed by atoms with van der Waals surface area (Å²) in [6.07, 6.45) is 1.46. The van der Waals surface area contributed by atoms with Gasteiger partial charge in [-0.1, -0.05) is 24.2 Å². The molecule has 2 aromatic carbocycles. The molecule has 0 aliphatic carbocycles. The molecule has 3 aromatic rings. The number of hydrogen-bond acceptors (Lipinski definition) is 8. The van der Waals surface area contributed by atoms with Gasteiger partial charge >= 0.3 is 0 Å². The summed E-state index contributed by atoms with van der Waals surface area (Å²) in [7, 11) is -3.76. The molecule has 1 N–H and O–H groups in total. The Labute approximate surface area is 209 Å². The van der Waals surface area contributed by atoms with Crippen LogP contribution in [0.1, 0.15) is 31.2 Å². The van der Waals surface area contributed by atoms with E-state index < -0.39 is 10.0 Å². The van der Waals surface area contributed by atoms with Crippen molar-refractivity contribution in [2.75, 3.05) is 31.6 Å². The van der Waals surface area contributed by atoms with Gasteiger partial charge in [0.1, 0.15) is 13.2 Å². The average Bonchev–Trinajstić information content (AvgIpc) is 3.38. The second-order valence-corrected chi connectivity index (χ2v) is 10.8. The predicted molar refractivity (Wildman–Crippen MR) is 131 cm³/mol. The maximum atomic E-state index is 13.5. The van der Waals surface area contributed by atoms with Gasteiger partial charge in [-0.2, -0.15) is 9.29 Å². The summed E-state index contributed by atoms with van der Waals surface area (Å²) < 4.78 is 44.7. The van der Waals surface area contributed by atoms with E-state index in [0.29, 0.717) is 72.5 Å². The van der Waals surface area contributed by atoms with Crippen molar-refractivity contribution in [3.63, 3.8) is 0 Å². The summed E-state index contributed by atoms with van der Waals surface area (Å²) >= 11 is 0. The first-order valence-corrected chi connectivity index (χ1v) is 13.4. The number of sulfonamides is 1. The van der Waals surface area contributed by atoms with Gasteiger partial charge in [-0.05, 0) is 43.5 Å². The van der Waals surface area contributed by atoms with Crippen molar-refractivity contribution in [3.05, 3.63) is 47.9 Å². The molecule has 1 fully saturated rings. The molecule has 2 aliphatic heterocycles. The van der Waals surface area contributed by atoms with Crippen molar-refractivity contribution in [1.29, 1.82) is 0 Å². The number of anilines is 1. The van der Waals surface area contributed by atoms with Gasteiger partial charge in [-0.15, -0.1) is 0 Å². The summed E-state index contributed by atoms with van der Waals surface area (Å²) in [6.45, 7) is 5.15. The van der Waals surface area contributed by atoms with Crippen LogP contribution in [-0.2, 0) is 21.2 Å². The van der Waals surface area contributed by atoms with E-state index >= 15 is 0 Å². The van der Waals surface area contributed by atoms with Crippen molar-refractivity contribution in [1.82, 2.24) is 14.4 Å². The third-order valence-electron chi connectivity index (χ3n) is 6.47. The molecule has 190 valence electrons. The largest absolute Gasteiger partial charge is 0.486 e. The standard InChI is InChI=1S/C25H28N4O6S/c1-3-23-27-24(28-35-23)18-5-4-16(2)22(14-18)36(31,32)29-10-8-17(9-11-29)25(30)26-19-6-7-20-21(15-19)34-13-12-33-20/h4-7,14-15,17H,3,8-13H2,1-2H3,(H,26,30). The third-order valence-corrected chi connectivity index (χ3v) is 8.51. The molecule has 0 radical (unpaired) electrons. The number of piperidine rings is 1. The fourth-order valence-electron chi connectivity index (χ4n) is 4.40. The first-order chi connectivity index (χ1) is 17.3. The first-order valence-electron chi connectivity index (χ1n) is 12.0. The minimum Gasteiger partial charge on any atom is -0.486 e. The lowest BCUT2D eigenvalue weighted by molar-refractivity contribution is -0.120. The summed E-state index contributed by atoms with van der Waals surface area (Å²) in [4.78, 5) is 17.4. The monoisotopic (exact) mass is 512 g/mol. The molecular formula is C25H28N4O6S. The summed E-state index contributed by atoms with van der Waals surface area (Å²) in [6, 6.07) is 10.4. The van der Waals surface area contributed by atoms with E-state index in [9.17, 15) is 13.2 Å². The van der Waals surface area contributed by atoms with Crippen LogP contribution in [0.3, 0.4) is 0 Å². The Balaban J connectivity index is 1.25. The fourth-order valence-corrected chi connectivity index (χ4v) is 6.12. The van der Waals surface area contributed by atoms with Crippen LogP contribution < -0.4 is 14.8 Å². The summed E-state index contributed by atoms with van der Waals surface area (Å²) in [5.74, 6) is 1.69. The number of aromatic nitrogens is 2. The molecule has 3 heterocycles. The number of carbonyl (C=O) groups excluding carboxylic acids is 1. The molecule has 0 atom stereocenters. The van der Waals surface area contributed by atoms with Crippen LogP contribution in [0.25, 0.3) is 11.4 Å². The Morgan fingerprint density at radius 1 is 1.08 bits per heavy atom. The SMILES string of the molecule is CCc1nc(-c2ccc(C)c(S(=O)(=O)N3CCC(C(=O)Nc4ccc5c(c4)OCCO5)CC3)c2)no1. The van der Waals surface area contributed by atoms with Gasteiger partial charge < -0.3 is 19.3 Å². The number of fused-ring (bicyclic) bond motifs is 1. The molecule has 1 saturated heterocycles. The van der Waals surface area contributed by atoms with E-state index in [-0.39, 0.29) is 29.8 Å². The van der Waals surface area contributed by atoms with Crippen LogP contribution in [0.15, 0.2) is 45.8 Å². The number of carbonyl (C=O) groups is 1. The van der Waals surface area contributed by atoms with Crippen molar-refractivity contribution in [2.24, 2.45) is 5.92 Å². The number of amides is 1.